The number of nitriles is 1. The van der Waals surface area contributed by atoms with Crippen molar-refractivity contribution in [1.29, 1.82) is 5.26 Å². The first-order valence-electron chi connectivity index (χ1n) is 11.6. The van der Waals surface area contributed by atoms with Crippen LogP contribution in [0.15, 0.2) is 18.3 Å². The van der Waals surface area contributed by atoms with E-state index in [9.17, 15) is 22.8 Å². The summed E-state index contributed by atoms with van der Waals surface area (Å²) < 4.78 is 46.2. The smallest absolute Gasteiger partial charge is 0.379 e. The van der Waals surface area contributed by atoms with Gasteiger partial charge in [0, 0.05) is 37.9 Å². The zero-order valence-electron chi connectivity index (χ0n) is 19.1. The summed E-state index contributed by atoms with van der Waals surface area (Å²) in [5, 5.41) is 12.0. The highest BCUT2D eigenvalue weighted by Crippen LogP contribution is 2.35. The van der Waals surface area contributed by atoms with Gasteiger partial charge in [-0.15, -0.1) is 0 Å². The zero-order valence-corrected chi connectivity index (χ0v) is 19.1. The molecule has 0 saturated carbocycles. The molecule has 0 bridgehead atoms. The summed E-state index contributed by atoms with van der Waals surface area (Å²) in [5.74, 6) is -2.56. The van der Waals surface area contributed by atoms with Crippen LogP contribution in [0.3, 0.4) is 0 Å². The summed E-state index contributed by atoms with van der Waals surface area (Å²) in [7, 11) is 0. The second-order valence-electron chi connectivity index (χ2n) is 9.00. The van der Waals surface area contributed by atoms with E-state index in [0.29, 0.717) is 37.4 Å². The Bertz CT molecular complexity index is 947. The first kappa shape index (κ1) is 25.2. The van der Waals surface area contributed by atoms with Crippen LogP contribution >= 0.6 is 0 Å². The van der Waals surface area contributed by atoms with Crippen LogP contribution < -0.4 is 16.2 Å². The summed E-state index contributed by atoms with van der Waals surface area (Å²) in [5.41, 5.74) is 5.12. The van der Waals surface area contributed by atoms with Crippen molar-refractivity contribution in [2.75, 3.05) is 44.7 Å². The molecule has 2 unspecified atom stereocenters. The molecule has 0 radical (unpaired) electrons. The summed E-state index contributed by atoms with van der Waals surface area (Å²) in [4.78, 5) is 31.8. The van der Waals surface area contributed by atoms with Gasteiger partial charge in [-0.25, -0.2) is 10.4 Å². The van der Waals surface area contributed by atoms with Crippen molar-refractivity contribution >= 4 is 17.6 Å². The van der Waals surface area contributed by atoms with Crippen LogP contribution in [0.5, 0.6) is 0 Å². The fourth-order valence-electron chi connectivity index (χ4n) is 4.83. The number of pyridine rings is 1. The summed E-state index contributed by atoms with van der Waals surface area (Å²) in [6, 6.07) is 4.25. The Balaban J connectivity index is 1.17. The lowest BCUT2D eigenvalue weighted by atomic mass is 9.94. The number of anilines is 1. The number of carbonyl (C=O) groups excluding carboxylic acids is 2. The number of nitrogens with zero attached hydrogens (tertiary/aromatic N) is 4. The molecular weight excluding hydrogens is 467 g/mol. The molecule has 13 heteroatoms. The molecule has 4 heterocycles. The van der Waals surface area contributed by atoms with Gasteiger partial charge in [0.05, 0.1) is 31.2 Å². The van der Waals surface area contributed by atoms with E-state index in [0.717, 1.165) is 6.42 Å². The van der Waals surface area contributed by atoms with E-state index in [2.05, 4.69) is 21.2 Å². The fourth-order valence-corrected chi connectivity index (χ4v) is 4.83. The molecule has 0 spiro atoms. The SMILES string of the molecule is N#Cc1ccc(NC2CN(C(=O)CCOC[C@@H]3CCCN3C3CNNC(=O)C3C(F)(F)F)C2)nc1. The minimum absolute atomic E-state index is 0.00700. The van der Waals surface area contributed by atoms with E-state index in [1.165, 1.54) is 6.20 Å². The van der Waals surface area contributed by atoms with Crippen LogP contribution in [0.2, 0.25) is 0 Å². The van der Waals surface area contributed by atoms with Crippen molar-refractivity contribution in [1.82, 2.24) is 25.6 Å². The maximum atomic E-state index is 13.5. The summed E-state index contributed by atoms with van der Waals surface area (Å²) in [6.45, 7) is 1.94. The number of hydrazine groups is 1. The van der Waals surface area contributed by atoms with E-state index < -0.39 is 24.0 Å². The maximum Gasteiger partial charge on any atom is 0.402 e. The molecule has 0 aromatic carbocycles. The molecule has 0 aliphatic carbocycles. The lowest BCUT2D eigenvalue weighted by molar-refractivity contribution is -0.201. The Hall–Kier alpha value is -2.95. The number of halogens is 3. The molecular formula is C22H28F3N7O3. The van der Waals surface area contributed by atoms with Gasteiger partial charge in [0.1, 0.15) is 11.9 Å². The molecule has 3 saturated heterocycles. The van der Waals surface area contributed by atoms with Gasteiger partial charge in [-0.2, -0.15) is 18.4 Å². The van der Waals surface area contributed by atoms with E-state index in [1.807, 2.05) is 6.07 Å². The van der Waals surface area contributed by atoms with Crippen molar-refractivity contribution in [2.24, 2.45) is 5.92 Å². The quantitative estimate of drug-likeness (QED) is 0.449. The average molecular weight is 496 g/mol. The van der Waals surface area contributed by atoms with Gasteiger partial charge in [-0.3, -0.25) is 19.9 Å². The summed E-state index contributed by atoms with van der Waals surface area (Å²) >= 11 is 0. The Morgan fingerprint density at radius 1 is 1.34 bits per heavy atom. The molecule has 35 heavy (non-hydrogen) atoms. The maximum absolute atomic E-state index is 13.5. The highest BCUT2D eigenvalue weighted by molar-refractivity contribution is 5.80. The van der Waals surface area contributed by atoms with Gasteiger partial charge in [-0.05, 0) is 31.5 Å². The van der Waals surface area contributed by atoms with Gasteiger partial charge >= 0.3 is 6.18 Å². The Morgan fingerprint density at radius 2 is 2.14 bits per heavy atom. The summed E-state index contributed by atoms with van der Waals surface area (Å²) in [6.07, 6.45) is -1.55. The number of hydrogen-bond donors (Lipinski definition) is 3. The molecule has 10 nitrogen and oxygen atoms in total. The minimum Gasteiger partial charge on any atom is -0.379 e. The molecule has 3 N–H and O–H groups in total. The number of hydrogen-bond acceptors (Lipinski definition) is 8. The minimum atomic E-state index is -4.63. The van der Waals surface area contributed by atoms with E-state index in [-0.39, 0.29) is 44.2 Å². The predicted octanol–water partition coefficient (Wildman–Crippen LogP) is 0.629. The van der Waals surface area contributed by atoms with Crippen molar-refractivity contribution in [3.63, 3.8) is 0 Å². The molecule has 4 rings (SSSR count). The van der Waals surface area contributed by atoms with Crippen LogP contribution in [0.1, 0.15) is 24.8 Å². The zero-order chi connectivity index (χ0) is 25.0. The molecule has 190 valence electrons. The highest BCUT2D eigenvalue weighted by atomic mass is 19.4. The average Bonchev–Trinajstić information content (AvgIpc) is 3.26. The Labute approximate surface area is 200 Å². The second-order valence-corrected chi connectivity index (χ2v) is 9.00. The highest BCUT2D eigenvalue weighted by Gasteiger charge is 2.54. The first-order chi connectivity index (χ1) is 16.8. The van der Waals surface area contributed by atoms with E-state index in [4.69, 9.17) is 10.00 Å². The standard InChI is InChI=1S/C22H28F3N7O3/c23-22(24,25)20-17(10-28-30-21(20)34)32-6-1-2-16(32)13-35-7-5-19(33)31-11-15(12-31)29-18-4-3-14(8-26)9-27-18/h3-4,9,15-17,20,28H,1-2,5-7,10-13H2,(H,27,29)(H,30,34)/t16-,17?,20?/m0/s1. The largest absolute Gasteiger partial charge is 0.402 e. The molecule has 1 aromatic rings. The van der Waals surface area contributed by atoms with Crippen molar-refractivity contribution in [3.8, 4) is 6.07 Å². The third-order valence-electron chi connectivity index (χ3n) is 6.64. The number of carbonyl (C=O) groups is 2. The van der Waals surface area contributed by atoms with Crippen LogP contribution in [-0.4, -0.2) is 90.3 Å². The number of alkyl halides is 3. The van der Waals surface area contributed by atoms with Crippen molar-refractivity contribution in [3.05, 3.63) is 23.9 Å². The van der Waals surface area contributed by atoms with E-state index >= 15 is 0 Å². The van der Waals surface area contributed by atoms with Crippen LogP contribution in [-0.2, 0) is 14.3 Å². The monoisotopic (exact) mass is 495 g/mol. The molecule has 1 aromatic heterocycles. The predicted molar refractivity (Wildman–Crippen MR) is 118 cm³/mol. The van der Waals surface area contributed by atoms with Gasteiger partial charge in [0.2, 0.25) is 11.8 Å². The van der Waals surface area contributed by atoms with Gasteiger partial charge < -0.3 is 15.0 Å². The Morgan fingerprint density at radius 3 is 2.83 bits per heavy atom. The van der Waals surface area contributed by atoms with Crippen molar-refractivity contribution in [2.45, 2.75) is 43.6 Å². The number of amides is 2. The number of likely N-dealkylation sites (tertiary alicyclic amines) is 2. The molecule has 2 amide bonds. The number of aromatic nitrogens is 1. The molecule has 3 aliphatic rings. The van der Waals surface area contributed by atoms with Crippen LogP contribution in [0.4, 0.5) is 19.0 Å². The molecule has 3 aliphatic heterocycles. The van der Waals surface area contributed by atoms with Gasteiger partial charge in [-0.1, -0.05) is 0 Å². The first-order valence-corrected chi connectivity index (χ1v) is 11.6. The molecule has 3 atom stereocenters. The number of nitrogens with one attached hydrogen (secondary N) is 3. The van der Waals surface area contributed by atoms with Crippen molar-refractivity contribution < 1.29 is 27.5 Å². The van der Waals surface area contributed by atoms with E-state index in [1.54, 1.807) is 21.9 Å². The fraction of sp³-hybridized carbons (Fsp3) is 0.636. The lowest BCUT2D eigenvalue weighted by Gasteiger charge is -2.41. The number of rotatable bonds is 8. The second kappa shape index (κ2) is 10.8. The van der Waals surface area contributed by atoms with Gasteiger partial charge in [0.15, 0.2) is 5.92 Å². The third kappa shape index (κ3) is 6.01. The number of ether oxygens (including phenoxy) is 1. The van der Waals surface area contributed by atoms with Crippen LogP contribution in [0.25, 0.3) is 0 Å². The van der Waals surface area contributed by atoms with Crippen LogP contribution in [0, 0.1) is 17.2 Å². The molecule has 3 fully saturated rings. The van der Waals surface area contributed by atoms with Gasteiger partial charge in [0.25, 0.3) is 0 Å². The lowest BCUT2D eigenvalue weighted by Crippen LogP contribution is -2.65. The Kier molecular flexibility index (Phi) is 7.73. The topological polar surface area (TPSA) is 123 Å². The third-order valence-corrected chi connectivity index (χ3v) is 6.64. The normalized spacial score (nSPS) is 25.6.